The van der Waals surface area contributed by atoms with E-state index in [9.17, 15) is 4.79 Å². The third kappa shape index (κ3) is 2.68. The number of carbonyl (C=O) groups is 1. The van der Waals surface area contributed by atoms with Crippen LogP contribution in [0.3, 0.4) is 0 Å². The summed E-state index contributed by atoms with van der Waals surface area (Å²) in [6.45, 7) is 8.41. The molecule has 0 radical (unpaired) electrons. The number of ether oxygens (including phenoxy) is 1. The maximum Gasteiger partial charge on any atom is 0.156 e. The van der Waals surface area contributed by atoms with Gasteiger partial charge in [-0.1, -0.05) is 24.1 Å². The second-order valence-corrected chi connectivity index (χ2v) is 6.10. The van der Waals surface area contributed by atoms with Gasteiger partial charge in [0.2, 0.25) is 0 Å². The van der Waals surface area contributed by atoms with Crippen LogP contribution in [0.4, 0.5) is 0 Å². The molecule has 2 aliphatic rings. The molecule has 0 amide bonds. The molecule has 2 rings (SSSR count). The minimum atomic E-state index is 0.0158. The summed E-state index contributed by atoms with van der Waals surface area (Å²) in [5.74, 6) is 0.258. The van der Waals surface area contributed by atoms with Crippen molar-refractivity contribution >= 4 is 5.78 Å². The monoisotopic (exact) mass is 234 g/mol. The third-order valence-electron chi connectivity index (χ3n) is 3.80. The number of allylic oxidation sites excluding steroid dienone is 2. The fourth-order valence-electron chi connectivity index (χ4n) is 3.04. The van der Waals surface area contributed by atoms with Gasteiger partial charge in [-0.3, -0.25) is 4.79 Å². The molecule has 1 aliphatic heterocycles. The number of hydrogen-bond donors (Lipinski definition) is 0. The van der Waals surface area contributed by atoms with Gasteiger partial charge in [0.25, 0.3) is 0 Å². The van der Waals surface area contributed by atoms with Crippen molar-refractivity contribution < 1.29 is 9.53 Å². The van der Waals surface area contributed by atoms with Crippen LogP contribution in [-0.4, -0.2) is 18.0 Å². The van der Waals surface area contributed by atoms with E-state index < -0.39 is 0 Å². The highest BCUT2D eigenvalue weighted by Gasteiger charge is 2.46. The van der Waals surface area contributed by atoms with E-state index in [-0.39, 0.29) is 23.4 Å². The van der Waals surface area contributed by atoms with Gasteiger partial charge in [0.1, 0.15) is 0 Å². The van der Waals surface area contributed by atoms with Gasteiger partial charge in [-0.15, -0.1) is 0 Å². The Balaban J connectivity index is 2.20. The van der Waals surface area contributed by atoms with Gasteiger partial charge >= 0.3 is 0 Å². The summed E-state index contributed by atoms with van der Waals surface area (Å²) >= 11 is 0. The number of rotatable bonds is 1. The number of ketones is 1. The Labute approximate surface area is 104 Å². The number of hydrogen-bond acceptors (Lipinski definition) is 2. The Morgan fingerprint density at radius 2 is 2.24 bits per heavy atom. The molecule has 0 N–H and O–H groups in total. The normalized spacial score (nSPS) is 37.2. The molecular formula is C15H22O2. The molecule has 0 bridgehead atoms. The number of fused-ring (bicyclic) bond motifs is 1. The quantitative estimate of drug-likeness (QED) is 0.650. The van der Waals surface area contributed by atoms with E-state index in [0.29, 0.717) is 6.42 Å². The SMILES string of the molecule is CC(C)=C[C@@H]1C[C@]2(C)CC(=O)C=C(C)C[C@@H]2O1. The molecule has 0 saturated carbocycles. The predicted octanol–water partition coefficient (Wildman–Crippen LogP) is 3.43. The van der Waals surface area contributed by atoms with Crippen LogP contribution >= 0.6 is 0 Å². The first-order chi connectivity index (χ1) is 7.89. The molecule has 0 unspecified atom stereocenters. The van der Waals surface area contributed by atoms with Crippen molar-refractivity contribution in [3.63, 3.8) is 0 Å². The van der Waals surface area contributed by atoms with Crippen molar-refractivity contribution in [2.24, 2.45) is 5.41 Å². The van der Waals surface area contributed by atoms with E-state index in [1.165, 1.54) is 5.57 Å². The second-order valence-electron chi connectivity index (χ2n) is 6.10. The average Bonchev–Trinajstić information content (AvgIpc) is 2.34. The maximum absolute atomic E-state index is 11.8. The molecular weight excluding hydrogens is 212 g/mol. The Morgan fingerprint density at radius 1 is 1.53 bits per heavy atom. The molecule has 0 aromatic carbocycles. The van der Waals surface area contributed by atoms with Crippen LogP contribution in [-0.2, 0) is 9.53 Å². The molecule has 3 atom stereocenters. The lowest BCUT2D eigenvalue weighted by molar-refractivity contribution is -0.117. The summed E-state index contributed by atoms with van der Waals surface area (Å²) in [6.07, 6.45) is 6.86. The second kappa shape index (κ2) is 4.41. The van der Waals surface area contributed by atoms with Crippen molar-refractivity contribution in [2.75, 3.05) is 0 Å². The minimum absolute atomic E-state index is 0.0158. The van der Waals surface area contributed by atoms with Gasteiger partial charge in [-0.05, 0) is 39.7 Å². The molecule has 1 saturated heterocycles. The van der Waals surface area contributed by atoms with Crippen LogP contribution < -0.4 is 0 Å². The first-order valence-electron chi connectivity index (χ1n) is 6.39. The van der Waals surface area contributed by atoms with Crippen molar-refractivity contribution in [1.82, 2.24) is 0 Å². The lowest BCUT2D eigenvalue weighted by Gasteiger charge is -2.27. The molecule has 2 heteroatoms. The summed E-state index contributed by atoms with van der Waals surface area (Å²) in [4.78, 5) is 11.8. The van der Waals surface area contributed by atoms with Crippen LogP contribution in [0.25, 0.3) is 0 Å². The summed E-state index contributed by atoms with van der Waals surface area (Å²) in [6, 6.07) is 0. The zero-order valence-corrected chi connectivity index (χ0v) is 11.2. The van der Waals surface area contributed by atoms with Crippen LogP contribution in [0.1, 0.15) is 47.0 Å². The molecule has 2 nitrogen and oxygen atoms in total. The Kier molecular flexibility index (Phi) is 3.26. The molecule has 1 aliphatic carbocycles. The Morgan fingerprint density at radius 3 is 2.88 bits per heavy atom. The van der Waals surface area contributed by atoms with E-state index in [1.54, 1.807) is 6.08 Å². The highest BCUT2D eigenvalue weighted by Crippen LogP contribution is 2.46. The summed E-state index contributed by atoms with van der Waals surface area (Å²) in [5, 5.41) is 0. The topological polar surface area (TPSA) is 26.3 Å². The van der Waals surface area contributed by atoms with E-state index in [0.717, 1.165) is 18.4 Å². The minimum Gasteiger partial charge on any atom is -0.370 e. The highest BCUT2D eigenvalue weighted by atomic mass is 16.5. The van der Waals surface area contributed by atoms with E-state index in [4.69, 9.17) is 4.74 Å². The van der Waals surface area contributed by atoms with Gasteiger partial charge in [0.15, 0.2) is 5.78 Å². The van der Waals surface area contributed by atoms with Crippen LogP contribution in [0.5, 0.6) is 0 Å². The van der Waals surface area contributed by atoms with Crippen LogP contribution in [0.15, 0.2) is 23.3 Å². The lowest BCUT2D eigenvalue weighted by Crippen LogP contribution is -2.28. The average molecular weight is 234 g/mol. The fourth-order valence-corrected chi connectivity index (χ4v) is 3.04. The Bertz CT molecular complexity index is 388. The van der Waals surface area contributed by atoms with Crippen molar-refractivity contribution in [1.29, 1.82) is 0 Å². The van der Waals surface area contributed by atoms with E-state index in [2.05, 4.69) is 26.8 Å². The largest absolute Gasteiger partial charge is 0.370 e. The van der Waals surface area contributed by atoms with Gasteiger partial charge < -0.3 is 4.74 Å². The van der Waals surface area contributed by atoms with E-state index in [1.807, 2.05) is 6.92 Å². The smallest absolute Gasteiger partial charge is 0.156 e. The lowest BCUT2D eigenvalue weighted by atomic mass is 9.77. The van der Waals surface area contributed by atoms with Crippen LogP contribution in [0.2, 0.25) is 0 Å². The maximum atomic E-state index is 11.8. The van der Waals surface area contributed by atoms with E-state index >= 15 is 0 Å². The number of carbonyl (C=O) groups excluding carboxylic acids is 1. The van der Waals surface area contributed by atoms with Gasteiger partial charge in [0, 0.05) is 11.8 Å². The fraction of sp³-hybridized carbons (Fsp3) is 0.667. The molecule has 94 valence electrons. The zero-order chi connectivity index (χ0) is 12.6. The first-order valence-corrected chi connectivity index (χ1v) is 6.39. The molecule has 1 heterocycles. The molecule has 17 heavy (non-hydrogen) atoms. The third-order valence-corrected chi connectivity index (χ3v) is 3.80. The zero-order valence-electron chi connectivity index (χ0n) is 11.2. The standard InChI is InChI=1S/C15H22O2/c1-10(2)5-13-9-15(4)8-12(16)6-11(3)7-14(15)17-13/h5-6,13-14H,7-9H2,1-4H3/t13-,14+,15+/m1/s1. The molecule has 0 aromatic rings. The summed E-state index contributed by atoms with van der Waals surface area (Å²) < 4.78 is 6.11. The van der Waals surface area contributed by atoms with Gasteiger partial charge in [0.05, 0.1) is 12.2 Å². The molecule has 1 fully saturated rings. The summed E-state index contributed by atoms with van der Waals surface area (Å²) in [5.41, 5.74) is 2.46. The molecule has 0 aromatic heterocycles. The van der Waals surface area contributed by atoms with Crippen molar-refractivity contribution in [2.45, 2.75) is 59.2 Å². The predicted molar refractivity (Wildman–Crippen MR) is 68.8 cm³/mol. The van der Waals surface area contributed by atoms with Crippen molar-refractivity contribution in [3.8, 4) is 0 Å². The van der Waals surface area contributed by atoms with Gasteiger partial charge in [-0.2, -0.15) is 0 Å². The first kappa shape index (κ1) is 12.6. The highest BCUT2D eigenvalue weighted by molar-refractivity contribution is 5.91. The van der Waals surface area contributed by atoms with Crippen LogP contribution in [0, 0.1) is 5.41 Å². The summed E-state index contributed by atoms with van der Waals surface area (Å²) in [7, 11) is 0. The van der Waals surface area contributed by atoms with Gasteiger partial charge in [-0.25, -0.2) is 0 Å². The Hall–Kier alpha value is -0.890. The van der Waals surface area contributed by atoms with Crippen molar-refractivity contribution in [3.05, 3.63) is 23.3 Å². The molecule has 0 spiro atoms.